The smallest absolute Gasteiger partial charge is 0.192 e. The lowest BCUT2D eigenvalue weighted by molar-refractivity contribution is 0.411. The molecule has 0 aliphatic carbocycles. The molecule has 0 saturated carbocycles. The Balaban J connectivity index is 3.64. The minimum Gasteiger partial charge on any atom is -0.349 e. The van der Waals surface area contributed by atoms with Gasteiger partial charge in [0.15, 0.2) is 5.96 Å². The molecule has 3 nitrogen and oxygen atoms in total. The molecule has 1 N–H and O–H groups in total. The van der Waals surface area contributed by atoms with E-state index in [-0.39, 0.29) is 0 Å². The lowest BCUT2D eigenvalue weighted by Crippen LogP contribution is -2.37. The maximum Gasteiger partial charge on any atom is 0.192 e. The molecule has 0 spiro atoms. The number of unbranched alkanes of at least 4 members (excludes halogenated alkanes) is 1. The summed E-state index contributed by atoms with van der Waals surface area (Å²) in [5.41, 5.74) is 0. The van der Waals surface area contributed by atoms with E-state index in [0.717, 1.165) is 13.0 Å². The molecule has 0 rings (SSSR count). The van der Waals surface area contributed by atoms with Crippen LogP contribution in [0.15, 0.2) is 0 Å². The minimum atomic E-state index is 0.582. The van der Waals surface area contributed by atoms with Gasteiger partial charge in [0.25, 0.3) is 0 Å². The average Bonchev–Trinajstić information content (AvgIpc) is 1.98. The highest BCUT2D eigenvalue weighted by Gasteiger charge is 2.03. The Morgan fingerprint density at radius 2 is 1.82 bits per heavy atom. The second kappa shape index (κ2) is 4.99. The van der Waals surface area contributed by atoms with Gasteiger partial charge in [0.05, 0.1) is 0 Å². The number of guanidine groups is 1. The number of nitrogens with zero attached hydrogens (tertiary/aromatic N) is 2. The monoisotopic (exact) mass is 157 g/mol. The molecule has 0 radical (unpaired) electrons. The summed E-state index contributed by atoms with van der Waals surface area (Å²) < 4.78 is 0. The first-order valence-electron chi connectivity index (χ1n) is 4.06. The van der Waals surface area contributed by atoms with Crippen LogP contribution < -0.4 is 0 Å². The molecule has 0 amide bonds. The normalized spacial score (nSPS) is 9.45. The van der Waals surface area contributed by atoms with Gasteiger partial charge in [-0.25, -0.2) is 0 Å². The Morgan fingerprint density at radius 1 is 1.27 bits per heavy atom. The van der Waals surface area contributed by atoms with Crippen molar-refractivity contribution < 1.29 is 0 Å². The molecule has 0 saturated heterocycles. The summed E-state index contributed by atoms with van der Waals surface area (Å²) in [5.74, 6) is 0.582. The number of nitrogens with one attached hydrogen (secondary N) is 1. The molecular weight excluding hydrogens is 138 g/mol. The van der Waals surface area contributed by atoms with Crippen molar-refractivity contribution in [1.29, 1.82) is 5.41 Å². The van der Waals surface area contributed by atoms with E-state index in [2.05, 4.69) is 6.92 Å². The van der Waals surface area contributed by atoms with E-state index in [0.29, 0.717) is 5.96 Å². The van der Waals surface area contributed by atoms with Crippen molar-refractivity contribution in [2.75, 3.05) is 27.7 Å². The van der Waals surface area contributed by atoms with E-state index in [1.54, 1.807) is 0 Å². The third kappa shape index (κ3) is 3.86. The first-order chi connectivity index (χ1) is 5.09. The van der Waals surface area contributed by atoms with Gasteiger partial charge in [0.2, 0.25) is 0 Å². The third-order valence-corrected chi connectivity index (χ3v) is 1.63. The number of hydrogen-bond donors (Lipinski definition) is 1. The van der Waals surface area contributed by atoms with E-state index >= 15 is 0 Å². The van der Waals surface area contributed by atoms with Crippen LogP contribution >= 0.6 is 0 Å². The Kier molecular flexibility index (Phi) is 4.66. The van der Waals surface area contributed by atoms with Crippen LogP contribution in [0.1, 0.15) is 19.8 Å². The lowest BCUT2D eigenvalue weighted by Gasteiger charge is -2.24. The number of hydrogen-bond acceptors (Lipinski definition) is 1. The van der Waals surface area contributed by atoms with Crippen LogP contribution in [0.3, 0.4) is 0 Å². The lowest BCUT2D eigenvalue weighted by atomic mass is 10.3. The summed E-state index contributed by atoms with van der Waals surface area (Å²) >= 11 is 0. The van der Waals surface area contributed by atoms with Gasteiger partial charge in [-0.2, -0.15) is 0 Å². The molecule has 0 aromatic heterocycles. The van der Waals surface area contributed by atoms with Crippen molar-refractivity contribution >= 4 is 5.96 Å². The van der Waals surface area contributed by atoms with Gasteiger partial charge in [-0.15, -0.1) is 0 Å². The van der Waals surface area contributed by atoms with Gasteiger partial charge >= 0.3 is 0 Å². The topological polar surface area (TPSA) is 30.3 Å². The van der Waals surface area contributed by atoms with Crippen LogP contribution in [0.5, 0.6) is 0 Å². The highest BCUT2D eigenvalue weighted by Crippen LogP contribution is 1.93. The third-order valence-electron chi connectivity index (χ3n) is 1.63. The molecule has 0 heterocycles. The average molecular weight is 157 g/mol. The largest absolute Gasteiger partial charge is 0.349 e. The fourth-order valence-electron chi connectivity index (χ4n) is 0.843. The van der Waals surface area contributed by atoms with Crippen LogP contribution in [0, 0.1) is 5.41 Å². The zero-order chi connectivity index (χ0) is 8.85. The zero-order valence-corrected chi connectivity index (χ0v) is 8.02. The van der Waals surface area contributed by atoms with E-state index < -0.39 is 0 Å². The first kappa shape index (κ1) is 10.3. The Labute approximate surface area is 69.5 Å². The van der Waals surface area contributed by atoms with Crippen LogP contribution in [-0.4, -0.2) is 43.4 Å². The van der Waals surface area contributed by atoms with Crippen LogP contribution in [-0.2, 0) is 0 Å². The SMILES string of the molecule is CCCCN(C)C(=N)N(C)C. The second-order valence-corrected chi connectivity index (χ2v) is 2.99. The Morgan fingerprint density at radius 3 is 2.18 bits per heavy atom. The van der Waals surface area contributed by atoms with Crippen molar-refractivity contribution in [2.45, 2.75) is 19.8 Å². The highest BCUT2D eigenvalue weighted by molar-refractivity contribution is 5.75. The van der Waals surface area contributed by atoms with Gasteiger partial charge in [-0.05, 0) is 6.42 Å². The van der Waals surface area contributed by atoms with E-state index in [1.807, 2.05) is 30.9 Å². The number of rotatable bonds is 3. The van der Waals surface area contributed by atoms with E-state index in [1.165, 1.54) is 6.42 Å². The summed E-state index contributed by atoms with van der Waals surface area (Å²) in [5, 5.41) is 7.58. The molecule has 0 aromatic rings. The van der Waals surface area contributed by atoms with Gasteiger partial charge in [-0.1, -0.05) is 13.3 Å². The molecule has 0 aliphatic heterocycles. The predicted octanol–water partition coefficient (Wildman–Crippen LogP) is 1.21. The summed E-state index contributed by atoms with van der Waals surface area (Å²) in [6, 6.07) is 0. The summed E-state index contributed by atoms with van der Waals surface area (Å²) in [7, 11) is 5.74. The molecule has 0 atom stereocenters. The van der Waals surface area contributed by atoms with Crippen molar-refractivity contribution in [2.24, 2.45) is 0 Å². The Bertz CT molecular complexity index is 121. The summed E-state index contributed by atoms with van der Waals surface area (Å²) in [6.07, 6.45) is 2.35. The fraction of sp³-hybridized carbons (Fsp3) is 0.875. The summed E-state index contributed by atoms with van der Waals surface area (Å²) in [6.45, 7) is 3.14. The van der Waals surface area contributed by atoms with Crippen molar-refractivity contribution in [3.63, 3.8) is 0 Å². The van der Waals surface area contributed by atoms with Gasteiger partial charge in [0.1, 0.15) is 0 Å². The molecular formula is C8H19N3. The molecule has 0 fully saturated rings. The maximum atomic E-state index is 7.58. The van der Waals surface area contributed by atoms with Crippen molar-refractivity contribution in [3.05, 3.63) is 0 Å². The van der Waals surface area contributed by atoms with E-state index in [9.17, 15) is 0 Å². The molecule has 0 aromatic carbocycles. The summed E-state index contributed by atoms with van der Waals surface area (Å²) in [4.78, 5) is 3.78. The first-order valence-corrected chi connectivity index (χ1v) is 4.06. The van der Waals surface area contributed by atoms with Crippen molar-refractivity contribution in [1.82, 2.24) is 9.80 Å². The predicted molar refractivity (Wildman–Crippen MR) is 49.0 cm³/mol. The van der Waals surface area contributed by atoms with Crippen molar-refractivity contribution in [3.8, 4) is 0 Å². The highest BCUT2D eigenvalue weighted by atomic mass is 15.3. The molecule has 0 unspecified atom stereocenters. The maximum absolute atomic E-state index is 7.58. The van der Waals surface area contributed by atoms with Crippen LogP contribution in [0.2, 0.25) is 0 Å². The van der Waals surface area contributed by atoms with Crippen LogP contribution in [0.4, 0.5) is 0 Å². The molecule has 11 heavy (non-hydrogen) atoms. The fourth-order valence-corrected chi connectivity index (χ4v) is 0.843. The molecule has 0 aliphatic rings. The van der Waals surface area contributed by atoms with Crippen LogP contribution in [0.25, 0.3) is 0 Å². The molecule has 0 bridgehead atoms. The quantitative estimate of drug-likeness (QED) is 0.493. The Hall–Kier alpha value is -0.730. The van der Waals surface area contributed by atoms with Gasteiger partial charge in [-0.3, -0.25) is 5.41 Å². The van der Waals surface area contributed by atoms with Gasteiger partial charge < -0.3 is 9.80 Å². The minimum absolute atomic E-state index is 0.582. The van der Waals surface area contributed by atoms with Gasteiger partial charge in [0, 0.05) is 27.7 Å². The molecule has 3 heteroatoms. The second-order valence-electron chi connectivity index (χ2n) is 2.99. The van der Waals surface area contributed by atoms with E-state index in [4.69, 9.17) is 5.41 Å². The standard InChI is InChI=1S/C8H19N3/c1-5-6-7-11(4)8(9)10(2)3/h9H,5-7H2,1-4H3. The zero-order valence-electron chi connectivity index (χ0n) is 8.02. The molecule has 66 valence electrons.